The highest BCUT2D eigenvalue weighted by Crippen LogP contribution is 2.15. The summed E-state index contributed by atoms with van der Waals surface area (Å²) in [5.41, 5.74) is 0.748. The number of ketones is 1. The zero-order valence-corrected chi connectivity index (χ0v) is 13.1. The van der Waals surface area contributed by atoms with E-state index < -0.39 is 0 Å². The number of carbonyl (C=O) groups excluding carboxylic acids is 1. The molecule has 0 saturated carbocycles. The standard InChI is InChI=1S/C18H28O2/c1-4-6-7-9-12-15(3)20-17(5-2)18(19)16-13-10-8-11-14-16/h8,10-11,13-15,17H,4-7,9,12H2,1-3H3. The molecule has 1 rings (SSSR count). The topological polar surface area (TPSA) is 26.3 Å². The van der Waals surface area contributed by atoms with Gasteiger partial charge in [0.2, 0.25) is 0 Å². The normalized spacial score (nSPS) is 13.9. The van der Waals surface area contributed by atoms with E-state index in [2.05, 4.69) is 13.8 Å². The van der Waals surface area contributed by atoms with Crippen LogP contribution in [0.1, 0.15) is 69.7 Å². The van der Waals surface area contributed by atoms with Crippen LogP contribution in [0.15, 0.2) is 30.3 Å². The third-order valence-corrected chi connectivity index (χ3v) is 3.58. The fraction of sp³-hybridized carbons (Fsp3) is 0.611. The van der Waals surface area contributed by atoms with Crippen molar-refractivity contribution in [3.63, 3.8) is 0 Å². The minimum atomic E-state index is -0.307. The van der Waals surface area contributed by atoms with E-state index in [1.54, 1.807) is 0 Å². The second kappa shape index (κ2) is 9.71. The van der Waals surface area contributed by atoms with Gasteiger partial charge in [0.25, 0.3) is 0 Å². The summed E-state index contributed by atoms with van der Waals surface area (Å²) in [5, 5.41) is 0. The fourth-order valence-corrected chi connectivity index (χ4v) is 2.34. The molecule has 2 nitrogen and oxygen atoms in total. The van der Waals surface area contributed by atoms with Crippen LogP contribution in [0.3, 0.4) is 0 Å². The van der Waals surface area contributed by atoms with Crippen LogP contribution in [0.4, 0.5) is 0 Å². The van der Waals surface area contributed by atoms with Crippen molar-refractivity contribution in [2.24, 2.45) is 0 Å². The van der Waals surface area contributed by atoms with E-state index in [9.17, 15) is 4.79 Å². The molecule has 1 aromatic rings. The molecule has 0 amide bonds. The van der Waals surface area contributed by atoms with E-state index in [0.29, 0.717) is 0 Å². The molecule has 0 radical (unpaired) electrons. The number of carbonyl (C=O) groups is 1. The maximum absolute atomic E-state index is 12.4. The van der Waals surface area contributed by atoms with E-state index in [-0.39, 0.29) is 18.0 Å². The zero-order valence-electron chi connectivity index (χ0n) is 13.1. The molecule has 0 aliphatic heterocycles. The third kappa shape index (κ3) is 5.87. The Morgan fingerprint density at radius 3 is 2.40 bits per heavy atom. The molecule has 0 fully saturated rings. The quantitative estimate of drug-likeness (QED) is 0.443. The number of Topliss-reactive ketones (excluding diaryl/α,β-unsaturated/α-hetero) is 1. The van der Waals surface area contributed by atoms with Crippen LogP contribution in [0.25, 0.3) is 0 Å². The molecule has 2 heteroatoms. The Kier molecular flexibility index (Phi) is 8.20. The van der Waals surface area contributed by atoms with Crippen LogP contribution in [-0.4, -0.2) is 18.0 Å². The first-order valence-corrected chi connectivity index (χ1v) is 7.93. The van der Waals surface area contributed by atoms with Crippen LogP contribution >= 0.6 is 0 Å². The van der Waals surface area contributed by atoms with Gasteiger partial charge in [0, 0.05) is 5.56 Å². The Bertz CT molecular complexity index is 372. The summed E-state index contributed by atoms with van der Waals surface area (Å²) in [6.45, 7) is 6.30. The van der Waals surface area contributed by atoms with Crippen molar-refractivity contribution in [3.8, 4) is 0 Å². The second-order valence-electron chi connectivity index (χ2n) is 5.42. The number of unbranched alkanes of at least 4 members (excludes halogenated alkanes) is 3. The number of rotatable bonds is 10. The van der Waals surface area contributed by atoms with E-state index in [1.165, 1.54) is 25.7 Å². The Morgan fingerprint density at radius 2 is 1.80 bits per heavy atom. The van der Waals surface area contributed by atoms with E-state index in [0.717, 1.165) is 18.4 Å². The van der Waals surface area contributed by atoms with Gasteiger partial charge in [-0.1, -0.05) is 69.9 Å². The lowest BCUT2D eigenvalue weighted by atomic mass is 10.0. The van der Waals surface area contributed by atoms with Gasteiger partial charge in [0.15, 0.2) is 5.78 Å². The number of hydrogen-bond donors (Lipinski definition) is 0. The predicted molar refractivity (Wildman–Crippen MR) is 84.2 cm³/mol. The van der Waals surface area contributed by atoms with Gasteiger partial charge in [-0.05, 0) is 19.8 Å². The molecule has 0 saturated heterocycles. The molecule has 0 heterocycles. The van der Waals surface area contributed by atoms with Gasteiger partial charge in [0.05, 0.1) is 6.10 Å². The average molecular weight is 276 g/mol. The zero-order chi connectivity index (χ0) is 14.8. The summed E-state index contributed by atoms with van der Waals surface area (Å²) in [7, 11) is 0. The SMILES string of the molecule is CCCCCCC(C)OC(CC)C(=O)c1ccccc1. The van der Waals surface area contributed by atoms with E-state index in [4.69, 9.17) is 4.74 Å². The summed E-state index contributed by atoms with van der Waals surface area (Å²) in [6.07, 6.45) is 6.60. The van der Waals surface area contributed by atoms with Crippen molar-refractivity contribution >= 4 is 5.78 Å². The molecular weight excluding hydrogens is 248 g/mol. The predicted octanol–water partition coefficient (Wildman–Crippen LogP) is 5.02. The smallest absolute Gasteiger partial charge is 0.191 e. The monoisotopic (exact) mass is 276 g/mol. The van der Waals surface area contributed by atoms with Gasteiger partial charge in [-0.25, -0.2) is 0 Å². The maximum Gasteiger partial charge on any atom is 0.191 e. The summed E-state index contributed by atoms with van der Waals surface area (Å²) >= 11 is 0. The number of ether oxygens (including phenoxy) is 1. The first kappa shape index (κ1) is 16.9. The van der Waals surface area contributed by atoms with Crippen molar-refractivity contribution in [2.45, 2.75) is 71.5 Å². The lowest BCUT2D eigenvalue weighted by Gasteiger charge is -2.20. The lowest BCUT2D eigenvalue weighted by molar-refractivity contribution is -0.000773. The average Bonchev–Trinajstić information content (AvgIpc) is 2.49. The van der Waals surface area contributed by atoms with Gasteiger partial charge < -0.3 is 4.74 Å². The Labute approximate surface area is 123 Å². The van der Waals surface area contributed by atoms with Crippen LogP contribution in [0, 0.1) is 0 Å². The largest absolute Gasteiger partial charge is 0.367 e. The fourth-order valence-electron chi connectivity index (χ4n) is 2.34. The molecule has 0 aliphatic rings. The summed E-state index contributed by atoms with van der Waals surface area (Å²) in [4.78, 5) is 12.4. The molecule has 1 aromatic carbocycles. The molecule has 0 bridgehead atoms. The summed E-state index contributed by atoms with van der Waals surface area (Å²) in [6, 6.07) is 9.44. The third-order valence-electron chi connectivity index (χ3n) is 3.58. The Morgan fingerprint density at radius 1 is 1.10 bits per heavy atom. The highest BCUT2D eigenvalue weighted by molar-refractivity contribution is 5.99. The second-order valence-corrected chi connectivity index (χ2v) is 5.42. The van der Waals surface area contributed by atoms with Gasteiger partial charge in [0.1, 0.15) is 6.10 Å². The van der Waals surface area contributed by atoms with Gasteiger partial charge in [-0.3, -0.25) is 4.79 Å². The van der Waals surface area contributed by atoms with E-state index in [1.807, 2.05) is 37.3 Å². The van der Waals surface area contributed by atoms with Gasteiger partial charge >= 0.3 is 0 Å². The van der Waals surface area contributed by atoms with E-state index >= 15 is 0 Å². The molecular formula is C18H28O2. The molecule has 0 aliphatic carbocycles. The first-order valence-electron chi connectivity index (χ1n) is 7.93. The van der Waals surface area contributed by atoms with Crippen molar-refractivity contribution in [1.29, 1.82) is 0 Å². The lowest BCUT2D eigenvalue weighted by Crippen LogP contribution is -2.28. The van der Waals surface area contributed by atoms with Gasteiger partial charge in [-0.2, -0.15) is 0 Å². The first-order chi connectivity index (χ1) is 9.69. The van der Waals surface area contributed by atoms with Crippen molar-refractivity contribution in [3.05, 3.63) is 35.9 Å². The Hall–Kier alpha value is -1.15. The summed E-state index contributed by atoms with van der Waals surface area (Å²) < 4.78 is 5.95. The molecule has 20 heavy (non-hydrogen) atoms. The van der Waals surface area contributed by atoms with Gasteiger partial charge in [-0.15, -0.1) is 0 Å². The van der Waals surface area contributed by atoms with Crippen molar-refractivity contribution < 1.29 is 9.53 Å². The molecule has 2 atom stereocenters. The molecule has 0 spiro atoms. The number of benzene rings is 1. The molecule has 0 aromatic heterocycles. The van der Waals surface area contributed by atoms with Crippen molar-refractivity contribution in [2.75, 3.05) is 0 Å². The molecule has 112 valence electrons. The minimum Gasteiger partial charge on any atom is -0.367 e. The summed E-state index contributed by atoms with van der Waals surface area (Å²) in [5.74, 6) is 0.105. The molecule has 0 N–H and O–H groups in total. The van der Waals surface area contributed by atoms with Crippen LogP contribution in [-0.2, 0) is 4.74 Å². The van der Waals surface area contributed by atoms with Crippen LogP contribution < -0.4 is 0 Å². The molecule has 2 unspecified atom stereocenters. The highest BCUT2D eigenvalue weighted by Gasteiger charge is 2.20. The van der Waals surface area contributed by atoms with Crippen molar-refractivity contribution in [1.82, 2.24) is 0 Å². The minimum absolute atomic E-state index is 0.105. The van der Waals surface area contributed by atoms with Crippen LogP contribution in [0.2, 0.25) is 0 Å². The number of hydrogen-bond acceptors (Lipinski definition) is 2. The maximum atomic E-state index is 12.4. The van der Waals surface area contributed by atoms with Crippen LogP contribution in [0.5, 0.6) is 0 Å². The highest BCUT2D eigenvalue weighted by atomic mass is 16.5. The Balaban J connectivity index is 2.44.